The number of non-ortho nitro benzene ring substituents is 1. The number of carbonyl (C=O) groups excluding carboxylic acids is 4. The summed E-state index contributed by atoms with van der Waals surface area (Å²) in [6, 6.07) is 89.2. The van der Waals surface area contributed by atoms with Gasteiger partial charge in [0, 0.05) is 186 Å². The number of phenols is 1. The Morgan fingerprint density at radius 1 is 0.354 bits per heavy atom. The number of nitro groups is 1. The predicted octanol–water partition coefficient (Wildman–Crippen LogP) is 27.3. The van der Waals surface area contributed by atoms with Crippen molar-refractivity contribution in [2.75, 3.05) is 67.1 Å². The van der Waals surface area contributed by atoms with Crippen LogP contribution in [-0.2, 0) is 9.59 Å². The molecule has 0 bridgehead atoms. The third-order valence-corrected chi connectivity index (χ3v) is 19.3. The number of nitrogens with zero attached hydrogens (tertiary/aromatic N) is 9. The van der Waals surface area contributed by atoms with Gasteiger partial charge in [0.05, 0.1) is 17.5 Å². The number of anilines is 13. The molecule has 1 aliphatic rings. The first kappa shape index (κ1) is 106. The van der Waals surface area contributed by atoms with Crippen LogP contribution in [0.15, 0.2) is 371 Å². The lowest BCUT2D eigenvalue weighted by Gasteiger charge is -2.18. The van der Waals surface area contributed by atoms with Gasteiger partial charge in [-0.2, -0.15) is 0 Å². The lowest BCUT2D eigenvalue weighted by atomic mass is 10.3. The number of nitrogens with one attached hydrogen (secondary N) is 6. The van der Waals surface area contributed by atoms with Crippen LogP contribution in [0.1, 0.15) is 13.8 Å². The van der Waals surface area contributed by atoms with E-state index >= 15 is 0 Å². The Hall–Kier alpha value is -18.3. The lowest BCUT2D eigenvalue weighted by Crippen LogP contribution is -2.39. The highest BCUT2D eigenvalue weighted by Gasteiger charge is 2.34. The van der Waals surface area contributed by atoms with Gasteiger partial charge in [-0.05, 0) is 170 Å². The Balaban J connectivity index is 0.000000164. The van der Waals surface area contributed by atoms with E-state index < -0.39 is 57.6 Å². The number of hydrogen-bond donors (Lipinski definition) is 10. The van der Waals surface area contributed by atoms with Gasteiger partial charge in [0.1, 0.15) is 61.7 Å². The summed E-state index contributed by atoms with van der Waals surface area (Å²) in [7, 11) is 0. The van der Waals surface area contributed by atoms with Crippen LogP contribution in [0.5, 0.6) is 63.2 Å². The minimum Gasteiger partial charge on any atom is -0.505 e. The highest BCUT2D eigenvalue weighted by Crippen LogP contribution is 2.36. The third-order valence-electron chi connectivity index (χ3n) is 18.4. The van der Waals surface area contributed by atoms with E-state index in [2.05, 4.69) is 61.8 Å². The third kappa shape index (κ3) is 35.6. The van der Waals surface area contributed by atoms with E-state index in [0.717, 1.165) is 45.8 Å². The first-order valence-corrected chi connectivity index (χ1v) is 44.0. The van der Waals surface area contributed by atoms with Crippen LogP contribution < -0.4 is 77.7 Å². The van der Waals surface area contributed by atoms with E-state index in [-0.39, 0.29) is 68.8 Å². The molecule has 0 aliphatic carbocycles. The molecule has 144 heavy (non-hydrogen) atoms. The number of aromatic hydroxyl groups is 1. The maximum absolute atomic E-state index is 14.8. The molecule has 1 aliphatic heterocycles. The summed E-state index contributed by atoms with van der Waals surface area (Å²) in [5.41, 5.74) is 21.7. The molecule has 11 aromatic carbocycles. The van der Waals surface area contributed by atoms with E-state index in [4.69, 9.17) is 92.4 Å². The molecule has 0 saturated carbocycles. The molecular formula is C104H84Cl4F6N18O12. The molecule has 13 N–H and O–H groups in total. The van der Waals surface area contributed by atoms with Crippen molar-refractivity contribution in [2.45, 2.75) is 13.8 Å². The van der Waals surface area contributed by atoms with Crippen molar-refractivity contribution >= 4 is 150 Å². The van der Waals surface area contributed by atoms with Crippen LogP contribution in [0.3, 0.4) is 0 Å². The zero-order chi connectivity index (χ0) is 103. The fourth-order valence-electron chi connectivity index (χ4n) is 12.0. The summed E-state index contributed by atoms with van der Waals surface area (Å²) >= 11 is 22.3. The van der Waals surface area contributed by atoms with Crippen molar-refractivity contribution in [2.24, 2.45) is 0 Å². The highest BCUT2D eigenvalue weighted by molar-refractivity contribution is 6.34. The maximum Gasteiger partial charge on any atom is 0.332 e. The van der Waals surface area contributed by atoms with Crippen LogP contribution in [0.2, 0.25) is 20.5 Å². The number of para-hydroxylation sites is 5. The van der Waals surface area contributed by atoms with Gasteiger partial charge in [0.2, 0.25) is 11.8 Å². The van der Waals surface area contributed by atoms with Gasteiger partial charge in [0.25, 0.3) is 5.69 Å². The van der Waals surface area contributed by atoms with Crippen molar-refractivity contribution in [3.05, 3.63) is 436 Å². The Morgan fingerprint density at radius 2 is 0.681 bits per heavy atom. The molecule has 1 fully saturated rings. The summed E-state index contributed by atoms with van der Waals surface area (Å²) < 4.78 is 110. The number of pyridine rings is 6. The number of ether oxygens (including phenoxy) is 5. The Kier molecular flexibility index (Phi) is 40.0. The zero-order valence-electron chi connectivity index (χ0n) is 75.6. The van der Waals surface area contributed by atoms with E-state index in [1.54, 1.807) is 122 Å². The minimum atomic E-state index is -0.987. The second-order valence-corrected chi connectivity index (χ2v) is 31.0. The van der Waals surface area contributed by atoms with E-state index in [1.807, 2.05) is 140 Å². The number of nitro benzene ring substituents is 1. The van der Waals surface area contributed by atoms with Gasteiger partial charge in [-0.25, -0.2) is 70.7 Å². The SMILES string of the molecule is CC(=O)Nc1ccc(Oc2ccnc(Cl)c2)c(F)c1.CC(=O)Nc1ccc(Oc2ccnc(Nc3ccccc3)c2)c(F)c1.Clc1ccnc(Cl)c1.Nc1ccc(Oc2ccnc(Cl)c2)c(F)c1.Nc1ccc(Oc2ccnc(Nc3ccccc3)c2)c(F)c1.Nc1ccccc1.O=C(Nc1ccc(Oc2ccnc(Nc3ccccc3)c2)c(F)c1)N1CCN(c2ccccc2)C1=O.O=[N+]([O-])c1ccc(O)c(F)c1. The smallest absolute Gasteiger partial charge is 0.332 e. The number of nitrogens with two attached hydrogens (primary N) is 3. The monoisotopic (exact) mass is 2030 g/mol. The number of urea groups is 2. The van der Waals surface area contributed by atoms with Crippen molar-refractivity contribution < 1.29 is 79.2 Å². The largest absolute Gasteiger partial charge is 0.505 e. The standard InChI is InChI=1S/C27H22FN5O3.C19H16FN3O2.C17H14FN3O.C13H10ClFN2O2.C11H8ClFN2O.C6H4FNO3.C6H7N.C5H3Cl2N/c28-23-17-20(31-26(34)33-16-15-32(27(33)35)21-9-5-2-6-10-21)11-12-24(23)36-22-13-14-29-25(18-22)30-19-7-3-1-4-8-19;1-13(24)22-15-7-8-18(17(20)11-15)25-16-9-10-21-19(12-16)23-14-5-3-2-4-6-14;18-15-10-12(19)6-7-16(15)22-14-8-9-20-17(11-14)21-13-4-2-1-3-5-13;1-8(18)17-9-2-3-12(11(15)6-9)19-10-4-5-16-13(14)7-10;12-11-6-8(3-4-15-11)16-10-2-1-7(14)5-9(10)13;7-5-3-4(8(10)11)1-2-6(5)9;7-6-4-2-1-3-5-6;6-4-1-2-8-5(7)3-4/h1-14,17-18H,15-16H2,(H,29,30)(H,31,34);2-12H,1H3,(H,21,23)(H,22,24);1-11H,19H2,(H,20,21);2-7H,1H3,(H,17,18);1-6H,14H2;1-3,9H;1-5H,7H2;1-3H. The Labute approximate surface area is 839 Å². The fraction of sp³-hybridized carbons (Fsp3) is 0.0385. The Morgan fingerprint density at radius 3 is 0.993 bits per heavy atom. The van der Waals surface area contributed by atoms with Gasteiger partial charge >= 0.3 is 12.1 Å². The average molecular weight is 2030 g/mol. The number of aromatic nitrogens is 6. The first-order valence-electron chi connectivity index (χ1n) is 42.5. The molecule has 0 unspecified atom stereocenters. The molecule has 40 heteroatoms. The van der Waals surface area contributed by atoms with Crippen LogP contribution >= 0.6 is 46.4 Å². The molecule has 0 atom stereocenters. The number of carbonyl (C=O) groups is 4. The van der Waals surface area contributed by atoms with Crippen molar-refractivity contribution in [1.82, 2.24) is 34.8 Å². The van der Waals surface area contributed by atoms with Gasteiger partial charge in [-0.1, -0.05) is 137 Å². The van der Waals surface area contributed by atoms with Crippen LogP contribution in [-0.4, -0.2) is 81.8 Å². The summed E-state index contributed by atoms with van der Waals surface area (Å²) in [5, 5.41) is 37.3. The second kappa shape index (κ2) is 54.2. The average Bonchev–Trinajstić information content (AvgIpc) is 1.66. The number of imide groups is 1. The predicted molar refractivity (Wildman–Crippen MR) is 545 cm³/mol. The topological polar surface area (TPSA) is 412 Å². The minimum absolute atomic E-state index is 0.0163. The van der Waals surface area contributed by atoms with Gasteiger partial charge in [-0.15, -0.1) is 0 Å². The molecule has 6 aromatic heterocycles. The van der Waals surface area contributed by atoms with Crippen molar-refractivity contribution in [3.63, 3.8) is 0 Å². The highest BCUT2D eigenvalue weighted by atomic mass is 35.5. The van der Waals surface area contributed by atoms with E-state index in [1.165, 1.54) is 104 Å². The number of hydrogen-bond acceptors (Lipinski definition) is 24. The number of benzene rings is 11. The van der Waals surface area contributed by atoms with E-state index in [0.29, 0.717) is 97.4 Å². The second-order valence-electron chi connectivity index (χ2n) is 29.4. The number of nitrogen functional groups attached to an aromatic ring is 3. The van der Waals surface area contributed by atoms with Gasteiger partial charge < -0.3 is 77.9 Å². The molecule has 0 radical (unpaired) electrons. The molecule has 30 nitrogen and oxygen atoms in total. The quantitative estimate of drug-likeness (QED) is 0.0105. The van der Waals surface area contributed by atoms with E-state index in [9.17, 15) is 55.6 Å². The van der Waals surface area contributed by atoms with Crippen LogP contribution in [0, 0.1) is 45.0 Å². The molecule has 7 heterocycles. The molecular weight excluding hydrogens is 1950 g/mol. The van der Waals surface area contributed by atoms with Gasteiger partial charge in [0.15, 0.2) is 69.4 Å². The van der Waals surface area contributed by atoms with Gasteiger partial charge in [-0.3, -0.25) is 24.6 Å². The summed E-state index contributed by atoms with van der Waals surface area (Å²) in [6.45, 7) is 3.32. The number of rotatable bonds is 21. The van der Waals surface area contributed by atoms with Crippen LogP contribution in [0.4, 0.5) is 116 Å². The first-order chi connectivity index (χ1) is 69.3. The zero-order valence-corrected chi connectivity index (χ0v) is 78.6. The molecule has 732 valence electrons. The molecule has 18 rings (SSSR count). The van der Waals surface area contributed by atoms with Crippen molar-refractivity contribution in [1.29, 1.82) is 0 Å². The molecule has 17 aromatic rings. The number of amides is 6. The maximum atomic E-state index is 14.8. The fourth-order valence-corrected chi connectivity index (χ4v) is 12.7. The summed E-state index contributed by atoms with van der Waals surface area (Å²) in [6.07, 6.45) is 9.22. The normalized spacial score (nSPS) is 10.7. The lowest BCUT2D eigenvalue weighted by molar-refractivity contribution is -0.385. The molecule has 6 amide bonds. The molecule has 1 saturated heterocycles. The number of phenolic OH excluding ortho intramolecular Hbond substituents is 1. The Bertz CT molecular complexity index is 7170. The molecule has 0 spiro atoms. The summed E-state index contributed by atoms with van der Waals surface area (Å²) in [5.74, 6) is -0.802. The van der Waals surface area contributed by atoms with Crippen LogP contribution in [0.25, 0.3) is 0 Å². The van der Waals surface area contributed by atoms with Crippen molar-refractivity contribution in [3.8, 4) is 63.2 Å². The number of halogens is 10. The summed E-state index contributed by atoms with van der Waals surface area (Å²) in [4.78, 5) is 83.1.